The molecule has 3 N–H and O–H groups in total. The van der Waals surface area contributed by atoms with Gasteiger partial charge in [0.25, 0.3) is 0 Å². The van der Waals surface area contributed by atoms with Crippen LogP contribution in [-0.4, -0.2) is 30.1 Å². The minimum atomic E-state index is -0.600. The monoisotopic (exact) mass is 312 g/mol. The fourth-order valence-corrected chi connectivity index (χ4v) is 2.69. The fraction of sp³-hybridized carbons (Fsp3) is 0.882. The molecule has 0 aromatic carbocycles. The van der Waals surface area contributed by atoms with Gasteiger partial charge in [-0.1, -0.05) is 34.1 Å². The molecule has 128 valence electrons. The SMILES string of the molecule is CC(C)C[C@H](NC(=O)[C@@H](N)C(C)C)C(=O)OC1CCCCC1. The zero-order valence-corrected chi connectivity index (χ0v) is 14.4. The summed E-state index contributed by atoms with van der Waals surface area (Å²) in [4.78, 5) is 24.5. The van der Waals surface area contributed by atoms with Crippen molar-refractivity contribution in [1.29, 1.82) is 0 Å². The summed E-state index contributed by atoms with van der Waals surface area (Å²) in [6, 6.07) is -1.20. The van der Waals surface area contributed by atoms with Crippen LogP contribution in [0.5, 0.6) is 0 Å². The van der Waals surface area contributed by atoms with E-state index in [2.05, 4.69) is 5.32 Å². The molecule has 22 heavy (non-hydrogen) atoms. The van der Waals surface area contributed by atoms with E-state index in [0.717, 1.165) is 25.7 Å². The third-order valence-electron chi connectivity index (χ3n) is 4.16. The summed E-state index contributed by atoms with van der Waals surface area (Å²) < 4.78 is 5.60. The number of carbonyl (C=O) groups is 2. The highest BCUT2D eigenvalue weighted by Crippen LogP contribution is 2.21. The van der Waals surface area contributed by atoms with Crippen molar-refractivity contribution in [2.75, 3.05) is 0 Å². The Morgan fingerprint density at radius 1 is 1.14 bits per heavy atom. The number of hydrogen-bond acceptors (Lipinski definition) is 4. The average molecular weight is 312 g/mol. The number of esters is 1. The molecule has 0 aromatic rings. The zero-order valence-electron chi connectivity index (χ0n) is 14.4. The van der Waals surface area contributed by atoms with Crippen molar-refractivity contribution in [2.45, 2.75) is 84.4 Å². The summed E-state index contributed by atoms with van der Waals surface area (Å²) in [5, 5.41) is 2.78. The molecule has 0 saturated heterocycles. The lowest BCUT2D eigenvalue weighted by molar-refractivity contribution is -0.155. The smallest absolute Gasteiger partial charge is 0.328 e. The van der Waals surface area contributed by atoms with Gasteiger partial charge in [0.15, 0.2) is 0 Å². The number of amides is 1. The van der Waals surface area contributed by atoms with Crippen molar-refractivity contribution >= 4 is 11.9 Å². The molecule has 5 heteroatoms. The van der Waals surface area contributed by atoms with Crippen LogP contribution in [0.2, 0.25) is 0 Å². The number of rotatable bonds is 7. The Labute approximate surface area is 134 Å². The van der Waals surface area contributed by atoms with Gasteiger partial charge in [-0.25, -0.2) is 4.79 Å². The number of nitrogens with two attached hydrogens (primary N) is 1. The minimum absolute atomic E-state index is 0.00610. The molecule has 1 rings (SSSR count). The standard InChI is InChI=1S/C17H32N2O3/c1-11(2)10-14(19-16(20)15(18)12(3)4)17(21)22-13-8-6-5-7-9-13/h11-15H,5-10,18H2,1-4H3,(H,19,20)/t14-,15-/m0/s1. The molecule has 1 amide bonds. The van der Waals surface area contributed by atoms with E-state index in [1.807, 2.05) is 27.7 Å². The molecule has 0 unspecified atom stereocenters. The topological polar surface area (TPSA) is 81.4 Å². The van der Waals surface area contributed by atoms with Crippen LogP contribution in [0.3, 0.4) is 0 Å². The normalized spacial score (nSPS) is 19.0. The molecule has 0 heterocycles. The van der Waals surface area contributed by atoms with Gasteiger partial charge in [0.2, 0.25) is 5.91 Å². The molecule has 0 radical (unpaired) electrons. The van der Waals surface area contributed by atoms with Crippen molar-refractivity contribution in [1.82, 2.24) is 5.32 Å². The van der Waals surface area contributed by atoms with Crippen LogP contribution in [0.1, 0.15) is 66.2 Å². The molecule has 0 aromatic heterocycles. The average Bonchev–Trinajstić information content (AvgIpc) is 2.46. The first-order valence-electron chi connectivity index (χ1n) is 8.57. The summed E-state index contributed by atoms with van der Waals surface area (Å²) in [7, 11) is 0. The van der Waals surface area contributed by atoms with Crippen LogP contribution in [0, 0.1) is 11.8 Å². The van der Waals surface area contributed by atoms with E-state index in [-0.39, 0.29) is 23.9 Å². The van der Waals surface area contributed by atoms with E-state index in [4.69, 9.17) is 10.5 Å². The van der Waals surface area contributed by atoms with E-state index in [0.29, 0.717) is 12.3 Å². The summed E-state index contributed by atoms with van der Waals surface area (Å²) in [6.07, 6.45) is 5.87. The third kappa shape index (κ3) is 6.34. The summed E-state index contributed by atoms with van der Waals surface area (Å²) in [5.41, 5.74) is 5.86. The van der Waals surface area contributed by atoms with Gasteiger partial charge in [0, 0.05) is 0 Å². The second-order valence-corrected chi connectivity index (χ2v) is 7.16. The van der Waals surface area contributed by atoms with E-state index in [9.17, 15) is 9.59 Å². The predicted molar refractivity (Wildman–Crippen MR) is 87.2 cm³/mol. The third-order valence-corrected chi connectivity index (χ3v) is 4.16. The van der Waals surface area contributed by atoms with Crippen molar-refractivity contribution in [3.8, 4) is 0 Å². The zero-order chi connectivity index (χ0) is 16.7. The van der Waals surface area contributed by atoms with Crippen LogP contribution in [-0.2, 0) is 14.3 Å². The van der Waals surface area contributed by atoms with E-state index in [1.54, 1.807) is 0 Å². The molecule has 0 aliphatic heterocycles. The molecule has 1 fully saturated rings. The fourth-order valence-electron chi connectivity index (χ4n) is 2.69. The Kier molecular flexibility index (Phi) is 7.87. The van der Waals surface area contributed by atoms with Crippen LogP contribution in [0.25, 0.3) is 0 Å². The van der Waals surface area contributed by atoms with Gasteiger partial charge in [0.05, 0.1) is 6.04 Å². The maximum atomic E-state index is 12.4. The predicted octanol–water partition coefficient (Wildman–Crippen LogP) is 2.38. The molecule has 0 bridgehead atoms. The second-order valence-electron chi connectivity index (χ2n) is 7.16. The first-order chi connectivity index (χ1) is 10.3. The van der Waals surface area contributed by atoms with Gasteiger partial charge >= 0.3 is 5.97 Å². The number of carbonyl (C=O) groups excluding carboxylic acids is 2. The highest BCUT2D eigenvalue weighted by atomic mass is 16.5. The molecule has 5 nitrogen and oxygen atoms in total. The maximum absolute atomic E-state index is 12.4. The summed E-state index contributed by atoms with van der Waals surface area (Å²) in [6.45, 7) is 7.83. The van der Waals surface area contributed by atoms with Crippen molar-refractivity contribution in [3.63, 3.8) is 0 Å². The van der Waals surface area contributed by atoms with E-state index >= 15 is 0 Å². The summed E-state index contributed by atoms with van der Waals surface area (Å²) >= 11 is 0. The lowest BCUT2D eigenvalue weighted by atomic mass is 9.97. The van der Waals surface area contributed by atoms with E-state index < -0.39 is 12.1 Å². The largest absolute Gasteiger partial charge is 0.461 e. The molecule has 1 aliphatic carbocycles. The Bertz CT molecular complexity index is 363. The first kappa shape index (κ1) is 18.9. The van der Waals surface area contributed by atoms with Gasteiger partial charge in [-0.05, 0) is 43.9 Å². The second kappa shape index (κ2) is 9.13. The molecule has 1 saturated carbocycles. The molecule has 2 atom stereocenters. The number of nitrogens with one attached hydrogen (secondary N) is 1. The van der Waals surface area contributed by atoms with Crippen molar-refractivity contribution < 1.29 is 14.3 Å². The number of ether oxygens (including phenoxy) is 1. The molecule has 0 spiro atoms. The van der Waals surface area contributed by atoms with Gasteiger partial charge < -0.3 is 15.8 Å². The first-order valence-corrected chi connectivity index (χ1v) is 8.57. The Morgan fingerprint density at radius 2 is 1.73 bits per heavy atom. The summed E-state index contributed by atoms with van der Waals surface area (Å²) in [5.74, 6) is -0.264. The highest BCUT2D eigenvalue weighted by Gasteiger charge is 2.29. The van der Waals surface area contributed by atoms with Gasteiger partial charge in [-0.15, -0.1) is 0 Å². The number of hydrogen-bond donors (Lipinski definition) is 2. The van der Waals surface area contributed by atoms with Gasteiger partial charge in [-0.2, -0.15) is 0 Å². The highest BCUT2D eigenvalue weighted by molar-refractivity contribution is 5.87. The van der Waals surface area contributed by atoms with Crippen LogP contribution in [0.4, 0.5) is 0 Å². The van der Waals surface area contributed by atoms with Crippen LogP contribution < -0.4 is 11.1 Å². The van der Waals surface area contributed by atoms with Crippen molar-refractivity contribution in [2.24, 2.45) is 17.6 Å². The minimum Gasteiger partial charge on any atom is -0.461 e. The van der Waals surface area contributed by atoms with Crippen LogP contribution >= 0.6 is 0 Å². The van der Waals surface area contributed by atoms with Crippen LogP contribution in [0.15, 0.2) is 0 Å². The van der Waals surface area contributed by atoms with Gasteiger partial charge in [0.1, 0.15) is 12.1 Å². The molecule has 1 aliphatic rings. The Hall–Kier alpha value is -1.10. The quantitative estimate of drug-likeness (QED) is 0.707. The van der Waals surface area contributed by atoms with E-state index in [1.165, 1.54) is 6.42 Å². The lowest BCUT2D eigenvalue weighted by Crippen LogP contribution is -2.51. The van der Waals surface area contributed by atoms with Crippen molar-refractivity contribution in [3.05, 3.63) is 0 Å². The molecular formula is C17H32N2O3. The lowest BCUT2D eigenvalue weighted by Gasteiger charge is -2.27. The Balaban J connectivity index is 2.61. The Morgan fingerprint density at radius 3 is 2.23 bits per heavy atom. The maximum Gasteiger partial charge on any atom is 0.328 e. The van der Waals surface area contributed by atoms with Gasteiger partial charge in [-0.3, -0.25) is 4.79 Å². The molecular weight excluding hydrogens is 280 g/mol.